The van der Waals surface area contributed by atoms with Gasteiger partial charge in [0.1, 0.15) is 0 Å². The number of nitrogens with zero attached hydrogens (tertiary/aromatic N) is 1. The Morgan fingerprint density at radius 1 is 1.08 bits per heavy atom. The van der Waals surface area contributed by atoms with Crippen LogP contribution in [0.15, 0.2) is 59.6 Å². The molecule has 0 spiro atoms. The van der Waals surface area contributed by atoms with Crippen LogP contribution in [0.5, 0.6) is 0 Å². The van der Waals surface area contributed by atoms with Gasteiger partial charge in [0, 0.05) is 41.7 Å². The second-order valence-corrected chi connectivity index (χ2v) is 12.1. The molecule has 2 amide bonds. The Morgan fingerprint density at radius 2 is 1.85 bits per heavy atom. The molecule has 0 radical (unpaired) electrons. The van der Waals surface area contributed by atoms with Gasteiger partial charge in [-0.15, -0.1) is 11.3 Å². The smallest absolute Gasteiger partial charge is 0.407 e. The van der Waals surface area contributed by atoms with Gasteiger partial charge in [-0.2, -0.15) is 0 Å². The summed E-state index contributed by atoms with van der Waals surface area (Å²) in [6, 6.07) is 16.4. The molecule has 1 aromatic heterocycles. The van der Waals surface area contributed by atoms with Crippen LogP contribution in [-0.2, 0) is 22.5 Å². The molecule has 3 N–H and O–H groups in total. The molecule has 0 aliphatic heterocycles. The number of ether oxygens (including phenoxy) is 1. The molecule has 2 aromatic carbocycles. The Balaban J connectivity index is 1.38. The second-order valence-electron chi connectivity index (χ2n) is 10.1. The van der Waals surface area contributed by atoms with E-state index in [1.165, 1.54) is 0 Å². The Labute approximate surface area is 239 Å². The molecule has 3 aromatic rings. The monoisotopic (exact) mass is 566 g/mol. The van der Waals surface area contributed by atoms with Crippen molar-refractivity contribution in [2.45, 2.75) is 82.4 Å². The highest BCUT2D eigenvalue weighted by atomic mass is 32.2. The van der Waals surface area contributed by atoms with Crippen LogP contribution in [0.25, 0.3) is 10.4 Å². The molecule has 1 aliphatic rings. The zero-order chi connectivity index (χ0) is 27.6. The van der Waals surface area contributed by atoms with Crippen LogP contribution in [-0.4, -0.2) is 35.7 Å². The lowest BCUT2D eigenvalue weighted by Crippen LogP contribution is -2.38. The van der Waals surface area contributed by atoms with E-state index in [2.05, 4.69) is 34.4 Å². The first-order valence-electron chi connectivity index (χ1n) is 13.7. The number of amides is 2. The normalized spacial score (nSPS) is 17.1. The number of hydrogen-bond acceptors (Lipinski definition) is 7. The van der Waals surface area contributed by atoms with Crippen LogP contribution in [0, 0.1) is 0 Å². The predicted octanol–water partition coefficient (Wildman–Crippen LogP) is 6.45. The largest absolute Gasteiger partial charge is 0.447 e. The van der Waals surface area contributed by atoms with Crippen LogP contribution >= 0.6 is 23.3 Å². The minimum atomic E-state index is -0.326. The van der Waals surface area contributed by atoms with Crippen molar-refractivity contribution in [3.63, 3.8) is 0 Å². The molecule has 1 aliphatic carbocycles. The molecule has 7 nitrogen and oxygen atoms in total. The number of alkyl carbamates (subject to hydrolysis) is 1. The molecule has 4 rings (SSSR count). The number of carbonyl (C=O) groups is 2. The Bertz CT molecular complexity index is 1220. The first-order chi connectivity index (χ1) is 18.9. The Morgan fingerprint density at radius 3 is 2.56 bits per heavy atom. The molecular formula is C30H38N4O3S2. The minimum Gasteiger partial charge on any atom is -0.447 e. The third-order valence-electron chi connectivity index (χ3n) is 6.60. The number of hydrogen-bond donors (Lipinski definition) is 3. The summed E-state index contributed by atoms with van der Waals surface area (Å²) in [5.41, 5.74) is 3.20. The highest BCUT2D eigenvalue weighted by molar-refractivity contribution is 7.97. The average Bonchev–Trinajstić information content (AvgIpc) is 3.41. The van der Waals surface area contributed by atoms with Gasteiger partial charge in [-0.05, 0) is 68.7 Å². The van der Waals surface area contributed by atoms with Gasteiger partial charge in [0.25, 0.3) is 0 Å². The lowest BCUT2D eigenvalue weighted by molar-refractivity contribution is -0.120. The van der Waals surface area contributed by atoms with Crippen molar-refractivity contribution in [3.8, 4) is 10.4 Å². The number of nitrogens with one attached hydrogen (secondary N) is 3. The predicted molar refractivity (Wildman–Crippen MR) is 159 cm³/mol. The summed E-state index contributed by atoms with van der Waals surface area (Å²) in [4.78, 5) is 31.6. The van der Waals surface area contributed by atoms with Crippen LogP contribution in [0.1, 0.15) is 68.5 Å². The molecule has 0 saturated heterocycles. The minimum absolute atomic E-state index is 0.00800. The van der Waals surface area contributed by atoms with Gasteiger partial charge in [-0.25, -0.2) is 9.78 Å². The van der Waals surface area contributed by atoms with Crippen LogP contribution in [0.4, 0.5) is 4.79 Å². The Kier molecular flexibility index (Phi) is 10.8. The van der Waals surface area contributed by atoms with E-state index in [9.17, 15) is 9.59 Å². The van der Waals surface area contributed by atoms with Crippen LogP contribution in [0.2, 0.25) is 0 Å². The van der Waals surface area contributed by atoms with Gasteiger partial charge >= 0.3 is 6.09 Å². The first-order valence-corrected chi connectivity index (χ1v) is 15.3. The number of rotatable bonds is 11. The summed E-state index contributed by atoms with van der Waals surface area (Å²) in [6.45, 7) is 7.15. The SMILES string of the molecule is CCNSc1cc(CC(=O)NCc2ccccc2)ccc1-c1cnc(C2CCC(NC(=O)OC(C)C)CC2)s1. The van der Waals surface area contributed by atoms with Crippen molar-refractivity contribution in [1.29, 1.82) is 0 Å². The fourth-order valence-corrected chi connectivity index (χ4v) is 6.65. The first kappa shape index (κ1) is 29.1. The van der Waals surface area contributed by atoms with Crippen molar-refractivity contribution in [1.82, 2.24) is 20.3 Å². The molecule has 9 heteroatoms. The summed E-state index contributed by atoms with van der Waals surface area (Å²) < 4.78 is 8.59. The third kappa shape index (κ3) is 8.81. The van der Waals surface area contributed by atoms with Crippen molar-refractivity contribution in [2.75, 3.05) is 6.54 Å². The molecule has 1 saturated carbocycles. The summed E-state index contributed by atoms with van der Waals surface area (Å²) in [5.74, 6) is 0.411. The van der Waals surface area contributed by atoms with Crippen molar-refractivity contribution >= 4 is 35.3 Å². The lowest BCUT2D eigenvalue weighted by Gasteiger charge is -2.28. The lowest BCUT2D eigenvalue weighted by atomic mass is 9.86. The van der Waals surface area contributed by atoms with E-state index >= 15 is 0 Å². The van der Waals surface area contributed by atoms with Gasteiger partial charge in [-0.3, -0.25) is 9.52 Å². The van der Waals surface area contributed by atoms with Gasteiger partial charge < -0.3 is 15.4 Å². The van der Waals surface area contributed by atoms with E-state index < -0.39 is 0 Å². The quantitative estimate of drug-likeness (QED) is 0.231. The van der Waals surface area contributed by atoms with E-state index in [1.54, 1.807) is 23.3 Å². The van der Waals surface area contributed by atoms with Crippen LogP contribution < -0.4 is 15.4 Å². The van der Waals surface area contributed by atoms with Crippen molar-refractivity contribution in [3.05, 3.63) is 70.9 Å². The zero-order valence-corrected chi connectivity index (χ0v) is 24.5. The molecule has 0 atom stereocenters. The molecule has 0 bridgehead atoms. The Hall–Kier alpha value is -2.88. The van der Waals surface area contributed by atoms with E-state index in [1.807, 2.05) is 56.4 Å². The van der Waals surface area contributed by atoms with Crippen molar-refractivity contribution < 1.29 is 14.3 Å². The number of aromatic nitrogens is 1. The zero-order valence-electron chi connectivity index (χ0n) is 22.9. The maximum absolute atomic E-state index is 12.6. The number of carbonyl (C=O) groups excluding carboxylic acids is 2. The summed E-state index contributed by atoms with van der Waals surface area (Å²) in [7, 11) is 0. The van der Waals surface area contributed by atoms with Gasteiger partial charge in [0.2, 0.25) is 5.91 Å². The van der Waals surface area contributed by atoms with E-state index in [4.69, 9.17) is 9.72 Å². The standard InChI is InChI=1S/C30H38N4O3S2/c1-4-33-39-26-16-22(17-28(35)31-18-21-8-6-5-7-9-21)10-15-25(26)27-19-32-29(38-27)23-11-13-24(14-12-23)34-30(36)37-20(2)3/h5-10,15-16,19-20,23-24,33H,4,11-14,17-18H2,1-3H3,(H,31,35)(H,34,36). The van der Waals surface area contributed by atoms with Gasteiger partial charge in [0.15, 0.2) is 0 Å². The maximum atomic E-state index is 12.6. The van der Waals surface area contributed by atoms with Gasteiger partial charge in [-0.1, -0.05) is 49.4 Å². The summed E-state index contributed by atoms with van der Waals surface area (Å²) >= 11 is 3.34. The molecule has 0 unspecified atom stereocenters. The highest BCUT2D eigenvalue weighted by Crippen LogP contribution is 2.40. The van der Waals surface area contributed by atoms with E-state index in [-0.39, 0.29) is 24.1 Å². The molecule has 39 heavy (non-hydrogen) atoms. The maximum Gasteiger partial charge on any atom is 0.407 e. The van der Waals surface area contributed by atoms with Crippen LogP contribution in [0.3, 0.4) is 0 Å². The molecule has 1 heterocycles. The van der Waals surface area contributed by atoms with Crippen molar-refractivity contribution in [2.24, 2.45) is 0 Å². The van der Waals surface area contributed by atoms with Gasteiger partial charge in [0.05, 0.1) is 22.4 Å². The fraction of sp³-hybridized carbons (Fsp3) is 0.433. The van der Waals surface area contributed by atoms with E-state index in [0.717, 1.165) is 63.7 Å². The summed E-state index contributed by atoms with van der Waals surface area (Å²) in [6.07, 6.45) is 5.71. The number of benzene rings is 2. The highest BCUT2D eigenvalue weighted by Gasteiger charge is 2.26. The third-order valence-corrected chi connectivity index (χ3v) is 8.78. The summed E-state index contributed by atoms with van der Waals surface area (Å²) in [5, 5.41) is 7.17. The molecule has 1 fully saturated rings. The average molecular weight is 567 g/mol. The molecule has 208 valence electrons. The fourth-order valence-electron chi connectivity index (χ4n) is 4.66. The topological polar surface area (TPSA) is 92.4 Å². The second kappa shape index (κ2) is 14.5. The van der Waals surface area contributed by atoms with E-state index in [0.29, 0.717) is 18.9 Å². The number of thiazole rings is 1. The molecular weight excluding hydrogens is 528 g/mol.